The number of fused-ring (bicyclic) bond motifs is 1. The molecule has 41 heavy (non-hydrogen) atoms. The van der Waals surface area contributed by atoms with Gasteiger partial charge in [0.25, 0.3) is 5.56 Å². The fourth-order valence-electron chi connectivity index (χ4n) is 4.44. The number of ether oxygens (including phenoxy) is 1. The predicted molar refractivity (Wildman–Crippen MR) is 157 cm³/mol. The lowest BCUT2D eigenvalue weighted by atomic mass is 9.96. The number of allylic oxidation sites excluding steroid dienone is 1. The summed E-state index contributed by atoms with van der Waals surface area (Å²) in [5.74, 6) is -0.0182. The van der Waals surface area contributed by atoms with Crippen molar-refractivity contribution < 1.29 is 13.9 Å². The van der Waals surface area contributed by atoms with E-state index in [0.29, 0.717) is 36.6 Å². The molecule has 1 atom stereocenters. The first-order valence-electron chi connectivity index (χ1n) is 12.5. The van der Waals surface area contributed by atoms with Gasteiger partial charge in [0.2, 0.25) is 5.16 Å². The molecule has 0 fully saturated rings. The SMILES string of the molecule is CCOC(=O)C1=C(C)N=c2s/c(=C\c3ccc(Sc4nnnn4-c4ccccc4)o3)c(=O)n2[C@H]1c1cccc(Br)c1. The molecule has 206 valence electrons. The van der Waals surface area contributed by atoms with E-state index in [1.165, 1.54) is 23.1 Å². The molecule has 6 rings (SSSR count). The molecule has 3 aromatic heterocycles. The van der Waals surface area contributed by atoms with Crippen molar-refractivity contribution in [2.45, 2.75) is 30.1 Å². The Morgan fingerprint density at radius 2 is 2.00 bits per heavy atom. The van der Waals surface area contributed by atoms with Crippen LogP contribution in [-0.4, -0.2) is 37.4 Å². The Morgan fingerprint density at radius 3 is 2.78 bits per heavy atom. The average molecular weight is 650 g/mol. The third kappa shape index (κ3) is 5.35. The quantitative estimate of drug-likeness (QED) is 0.240. The van der Waals surface area contributed by atoms with Gasteiger partial charge in [0, 0.05) is 10.5 Å². The van der Waals surface area contributed by atoms with Crippen LogP contribution in [-0.2, 0) is 9.53 Å². The smallest absolute Gasteiger partial charge is 0.338 e. The normalized spacial score (nSPS) is 15.1. The molecule has 0 amide bonds. The van der Waals surface area contributed by atoms with Crippen LogP contribution in [0.4, 0.5) is 0 Å². The van der Waals surface area contributed by atoms with Crippen LogP contribution in [0.25, 0.3) is 11.8 Å². The Balaban J connectivity index is 1.38. The first kappa shape index (κ1) is 27.1. The van der Waals surface area contributed by atoms with E-state index in [4.69, 9.17) is 9.15 Å². The number of thiazole rings is 1. The van der Waals surface area contributed by atoms with Crippen molar-refractivity contribution >= 4 is 51.1 Å². The Bertz CT molecular complexity index is 1980. The highest BCUT2D eigenvalue weighted by molar-refractivity contribution is 9.10. The highest BCUT2D eigenvalue weighted by Crippen LogP contribution is 2.32. The van der Waals surface area contributed by atoms with Gasteiger partial charge in [-0.1, -0.05) is 57.6 Å². The number of tetrazole rings is 1. The predicted octanol–water partition coefficient (Wildman–Crippen LogP) is 4.28. The molecule has 13 heteroatoms. The molecule has 5 aromatic rings. The molecule has 10 nitrogen and oxygen atoms in total. The molecule has 0 unspecified atom stereocenters. The summed E-state index contributed by atoms with van der Waals surface area (Å²) < 4.78 is 15.8. The number of nitrogens with zero attached hydrogens (tertiary/aromatic N) is 6. The molecule has 0 N–H and O–H groups in total. The third-order valence-electron chi connectivity index (χ3n) is 6.19. The van der Waals surface area contributed by atoms with E-state index in [9.17, 15) is 9.59 Å². The van der Waals surface area contributed by atoms with Gasteiger partial charge in [-0.15, -0.1) is 5.10 Å². The maximum atomic E-state index is 13.8. The molecule has 0 saturated carbocycles. The number of benzene rings is 2. The van der Waals surface area contributed by atoms with Crippen LogP contribution in [0.5, 0.6) is 0 Å². The van der Waals surface area contributed by atoms with Crippen molar-refractivity contribution in [3.05, 3.63) is 113 Å². The third-order valence-corrected chi connectivity index (χ3v) is 8.52. The van der Waals surface area contributed by atoms with Crippen molar-refractivity contribution in [3.8, 4) is 5.69 Å². The van der Waals surface area contributed by atoms with Crippen molar-refractivity contribution in [3.63, 3.8) is 0 Å². The Kier molecular flexibility index (Phi) is 7.56. The van der Waals surface area contributed by atoms with Crippen LogP contribution in [0.1, 0.15) is 31.2 Å². The van der Waals surface area contributed by atoms with E-state index in [1.54, 1.807) is 41.3 Å². The van der Waals surface area contributed by atoms with E-state index in [1.807, 2.05) is 54.6 Å². The lowest BCUT2D eigenvalue weighted by Crippen LogP contribution is -2.39. The number of rotatable bonds is 7. The van der Waals surface area contributed by atoms with Crippen molar-refractivity contribution in [1.82, 2.24) is 24.8 Å². The van der Waals surface area contributed by atoms with Crippen LogP contribution in [0.2, 0.25) is 0 Å². The second-order valence-corrected chi connectivity index (χ2v) is 11.7. The van der Waals surface area contributed by atoms with E-state index in [-0.39, 0.29) is 12.2 Å². The zero-order chi connectivity index (χ0) is 28.5. The molecule has 1 aliphatic rings. The fourth-order valence-corrected chi connectivity index (χ4v) is 6.65. The topological polar surface area (TPSA) is 117 Å². The summed E-state index contributed by atoms with van der Waals surface area (Å²) in [6, 6.07) is 19.9. The Hall–Kier alpha value is -4.07. The molecule has 0 bridgehead atoms. The lowest BCUT2D eigenvalue weighted by molar-refractivity contribution is -0.139. The zero-order valence-corrected chi connectivity index (χ0v) is 24.9. The maximum absolute atomic E-state index is 13.8. The fraction of sp³-hybridized carbons (Fsp3) is 0.143. The largest absolute Gasteiger partial charge is 0.463 e. The van der Waals surface area contributed by atoms with E-state index in [0.717, 1.165) is 15.7 Å². The lowest BCUT2D eigenvalue weighted by Gasteiger charge is -2.24. The van der Waals surface area contributed by atoms with E-state index in [2.05, 4.69) is 36.4 Å². The number of halogens is 1. The molecule has 4 heterocycles. The average Bonchev–Trinajstić information content (AvgIpc) is 3.69. The van der Waals surface area contributed by atoms with Gasteiger partial charge in [0.05, 0.1) is 34.1 Å². The minimum absolute atomic E-state index is 0.210. The summed E-state index contributed by atoms with van der Waals surface area (Å²) in [6.45, 7) is 3.71. The molecule has 1 aliphatic heterocycles. The van der Waals surface area contributed by atoms with Gasteiger partial charge in [-0.25, -0.2) is 9.79 Å². The minimum Gasteiger partial charge on any atom is -0.463 e. The maximum Gasteiger partial charge on any atom is 0.338 e. The summed E-state index contributed by atoms with van der Waals surface area (Å²) in [4.78, 5) is 31.9. The van der Waals surface area contributed by atoms with Crippen molar-refractivity contribution in [1.29, 1.82) is 0 Å². The monoisotopic (exact) mass is 648 g/mol. The highest BCUT2D eigenvalue weighted by atomic mass is 79.9. The second kappa shape index (κ2) is 11.4. The van der Waals surface area contributed by atoms with Crippen LogP contribution in [0.15, 0.2) is 107 Å². The molecular formula is C28H21BrN6O4S2. The van der Waals surface area contributed by atoms with E-state index < -0.39 is 12.0 Å². The summed E-state index contributed by atoms with van der Waals surface area (Å²) in [5, 5.41) is 13.1. The first-order valence-corrected chi connectivity index (χ1v) is 14.9. The second-order valence-electron chi connectivity index (χ2n) is 8.82. The van der Waals surface area contributed by atoms with Gasteiger partial charge in [-0.3, -0.25) is 9.36 Å². The molecule has 0 saturated heterocycles. The number of esters is 1. The van der Waals surface area contributed by atoms with E-state index >= 15 is 0 Å². The van der Waals surface area contributed by atoms with Crippen LogP contribution in [0, 0.1) is 0 Å². The molecule has 0 spiro atoms. The van der Waals surface area contributed by atoms with Crippen LogP contribution in [0.3, 0.4) is 0 Å². The van der Waals surface area contributed by atoms with Crippen molar-refractivity contribution in [2.75, 3.05) is 6.61 Å². The minimum atomic E-state index is -0.690. The summed E-state index contributed by atoms with van der Waals surface area (Å²) in [5.41, 5.74) is 2.14. The Morgan fingerprint density at radius 1 is 1.17 bits per heavy atom. The molecular weight excluding hydrogens is 628 g/mol. The van der Waals surface area contributed by atoms with Gasteiger partial charge >= 0.3 is 5.97 Å². The number of aromatic nitrogens is 5. The first-order chi connectivity index (χ1) is 19.9. The number of para-hydroxylation sites is 1. The summed E-state index contributed by atoms with van der Waals surface area (Å²) in [7, 11) is 0. The van der Waals surface area contributed by atoms with Gasteiger partial charge in [0.1, 0.15) is 5.76 Å². The van der Waals surface area contributed by atoms with Crippen LogP contribution >= 0.6 is 39.0 Å². The molecule has 2 aromatic carbocycles. The van der Waals surface area contributed by atoms with Gasteiger partial charge in [0.15, 0.2) is 9.89 Å². The summed E-state index contributed by atoms with van der Waals surface area (Å²) >= 11 is 6.00. The summed E-state index contributed by atoms with van der Waals surface area (Å²) in [6.07, 6.45) is 1.68. The number of furan rings is 1. The number of hydrogen-bond donors (Lipinski definition) is 0. The highest BCUT2D eigenvalue weighted by Gasteiger charge is 2.33. The standard InChI is InChI=1S/C28H21BrN6O4S2/c1-3-38-26(37)23-16(2)30-27-34(24(23)17-8-7-9-18(29)14-17)25(36)21(40-27)15-20-12-13-22(39-20)41-28-31-32-33-35(28)19-10-5-4-6-11-19/h4-15,24H,3H2,1-2H3/b21-15-/t24-/m0/s1. The number of carbonyl (C=O) groups is 1. The molecule has 0 aliphatic carbocycles. The number of hydrogen-bond acceptors (Lipinski definition) is 10. The zero-order valence-electron chi connectivity index (χ0n) is 21.7. The van der Waals surface area contributed by atoms with Gasteiger partial charge in [-0.2, -0.15) is 4.68 Å². The number of carbonyl (C=O) groups excluding carboxylic acids is 1. The Labute approximate surface area is 249 Å². The van der Waals surface area contributed by atoms with Gasteiger partial charge in [-0.05, 0) is 78.0 Å². The van der Waals surface area contributed by atoms with Gasteiger partial charge < -0.3 is 9.15 Å². The van der Waals surface area contributed by atoms with Crippen molar-refractivity contribution in [2.24, 2.45) is 4.99 Å². The molecule has 0 radical (unpaired) electrons. The van der Waals surface area contributed by atoms with Crippen LogP contribution < -0.4 is 14.9 Å².